The molecule has 2 rings (SSSR count). The maximum atomic E-state index is 12.1. The number of carbonyl (C=O) groups is 1. The van der Waals surface area contributed by atoms with E-state index in [0.717, 1.165) is 52.2 Å². The van der Waals surface area contributed by atoms with E-state index < -0.39 is 0 Å². The van der Waals surface area contributed by atoms with Gasteiger partial charge in [0.1, 0.15) is 0 Å². The summed E-state index contributed by atoms with van der Waals surface area (Å²) in [6.07, 6.45) is 5.35. The molecule has 1 fully saturated rings. The molecule has 0 aromatic heterocycles. The zero-order chi connectivity index (χ0) is 17.2. The van der Waals surface area contributed by atoms with Gasteiger partial charge in [-0.15, -0.1) is 0 Å². The van der Waals surface area contributed by atoms with Crippen LogP contribution in [0.15, 0.2) is 36.4 Å². The van der Waals surface area contributed by atoms with Crippen molar-refractivity contribution < 1.29 is 4.79 Å². The molecule has 1 heterocycles. The number of urea groups is 1. The second kappa shape index (κ2) is 10.1. The van der Waals surface area contributed by atoms with Crippen LogP contribution in [-0.4, -0.2) is 80.6 Å². The highest BCUT2D eigenvalue weighted by atomic mass is 16.2. The van der Waals surface area contributed by atoms with E-state index >= 15 is 0 Å². The highest BCUT2D eigenvalue weighted by Gasteiger charge is 2.19. The molecular formula is C19H30N4O. The van der Waals surface area contributed by atoms with Gasteiger partial charge in [0.25, 0.3) is 0 Å². The van der Waals surface area contributed by atoms with Crippen molar-refractivity contribution in [2.24, 2.45) is 0 Å². The van der Waals surface area contributed by atoms with Crippen LogP contribution >= 0.6 is 0 Å². The van der Waals surface area contributed by atoms with Gasteiger partial charge >= 0.3 is 6.03 Å². The first-order valence-electron chi connectivity index (χ1n) is 8.76. The van der Waals surface area contributed by atoms with E-state index in [4.69, 9.17) is 0 Å². The highest BCUT2D eigenvalue weighted by Crippen LogP contribution is 2.04. The van der Waals surface area contributed by atoms with E-state index in [0.29, 0.717) is 0 Å². The van der Waals surface area contributed by atoms with Gasteiger partial charge < -0.3 is 15.1 Å². The maximum absolute atomic E-state index is 12.1. The Morgan fingerprint density at radius 1 is 1.17 bits per heavy atom. The fraction of sp³-hybridized carbons (Fsp3) is 0.526. The minimum Gasteiger partial charge on any atom is -0.338 e. The number of amides is 2. The van der Waals surface area contributed by atoms with Gasteiger partial charge in [0.15, 0.2) is 0 Å². The third-order valence-corrected chi connectivity index (χ3v) is 4.19. The van der Waals surface area contributed by atoms with Crippen LogP contribution in [0, 0.1) is 0 Å². The highest BCUT2D eigenvalue weighted by molar-refractivity contribution is 5.74. The molecule has 1 saturated heterocycles. The molecule has 1 aliphatic heterocycles. The van der Waals surface area contributed by atoms with E-state index in [1.807, 2.05) is 25.1 Å². The smallest absolute Gasteiger partial charge is 0.317 e. The number of carbonyl (C=O) groups excluding carboxylic acids is 1. The monoisotopic (exact) mass is 330 g/mol. The van der Waals surface area contributed by atoms with Crippen molar-refractivity contribution in [3.63, 3.8) is 0 Å². The number of hydrogen-bond acceptors (Lipinski definition) is 3. The number of rotatable bonds is 7. The lowest BCUT2D eigenvalue weighted by Crippen LogP contribution is -2.51. The van der Waals surface area contributed by atoms with Gasteiger partial charge in [-0.3, -0.25) is 4.90 Å². The summed E-state index contributed by atoms with van der Waals surface area (Å²) in [6, 6.07) is 10.4. The maximum Gasteiger partial charge on any atom is 0.317 e. The van der Waals surface area contributed by atoms with Crippen molar-refractivity contribution in [3.05, 3.63) is 42.0 Å². The molecule has 0 spiro atoms. The average Bonchev–Trinajstić information content (AvgIpc) is 2.60. The lowest BCUT2D eigenvalue weighted by atomic mass is 10.2. The molecule has 1 aromatic carbocycles. The van der Waals surface area contributed by atoms with Gasteiger partial charge in [0, 0.05) is 39.3 Å². The van der Waals surface area contributed by atoms with Crippen LogP contribution in [0.5, 0.6) is 0 Å². The number of nitrogens with one attached hydrogen (secondary N) is 1. The molecule has 0 aliphatic carbocycles. The molecular weight excluding hydrogens is 300 g/mol. The van der Waals surface area contributed by atoms with Crippen molar-refractivity contribution in [2.45, 2.75) is 6.42 Å². The van der Waals surface area contributed by atoms with Crippen molar-refractivity contribution in [2.75, 3.05) is 59.9 Å². The lowest BCUT2D eigenvalue weighted by Gasteiger charge is -2.34. The summed E-state index contributed by atoms with van der Waals surface area (Å²) >= 11 is 0. The Balaban J connectivity index is 1.62. The Kier molecular flexibility index (Phi) is 7.79. The quantitative estimate of drug-likeness (QED) is 0.777. The fourth-order valence-electron chi connectivity index (χ4n) is 2.74. The molecule has 0 unspecified atom stereocenters. The van der Waals surface area contributed by atoms with Crippen molar-refractivity contribution in [1.82, 2.24) is 20.0 Å². The summed E-state index contributed by atoms with van der Waals surface area (Å²) in [6.45, 7) is 6.16. The molecule has 2 amide bonds. The number of benzene rings is 1. The van der Waals surface area contributed by atoms with E-state index in [9.17, 15) is 4.79 Å². The first-order chi connectivity index (χ1) is 11.6. The standard InChI is InChI=1S/C19H30N4O/c1-21(2)12-7-11-20-19(24)23-16-14-22(15-17-23)13-6-10-18-8-4-3-5-9-18/h3-6,8-10H,7,11-17H2,1-2H3,(H,20,24)/b10-6+. The van der Waals surface area contributed by atoms with Gasteiger partial charge in [0.2, 0.25) is 0 Å². The Hall–Kier alpha value is -1.85. The zero-order valence-corrected chi connectivity index (χ0v) is 14.9. The van der Waals surface area contributed by atoms with Crippen LogP contribution in [0.2, 0.25) is 0 Å². The molecule has 132 valence electrons. The fourth-order valence-corrected chi connectivity index (χ4v) is 2.74. The molecule has 1 aliphatic rings. The third kappa shape index (κ3) is 6.72. The second-order valence-corrected chi connectivity index (χ2v) is 6.49. The lowest BCUT2D eigenvalue weighted by molar-refractivity contribution is 0.146. The second-order valence-electron chi connectivity index (χ2n) is 6.49. The Labute approximate surface area is 145 Å². The van der Waals surface area contributed by atoms with Gasteiger partial charge in [-0.2, -0.15) is 0 Å². The van der Waals surface area contributed by atoms with E-state index in [1.165, 1.54) is 5.56 Å². The molecule has 0 atom stereocenters. The SMILES string of the molecule is CN(C)CCCNC(=O)N1CCN(C/C=C/c2ccccc2)CC1. The van der Waals surface area contributed by atoms with Gasteiger partial charge in [-0.25, -0.2) is 4.79 Å². The third-order valence-electron chi connectivity index (χ3n) is 4.19. The summed E-state index contributed by atoms with van der Waals surface area (Å²) in [5.74, 6) is 0. The zero-order valence-electron chi connectivity index (χ0n) is 14.9. The molecule has 5 heteroatoms. The topological polar surface area (TPSA) is 38.8 Å². The molecule has 0 radical (unpaired) electrons. The summed E-state index contributed by atoms with van der Waals surface area (Å²) in [7, 11) is 4.10. The summed E-state index contributed by atoms with van der Waals surface area (Å²) in [5, 5.41) is 3.02. The number of nitrogens with zero attached hydrogens (tertiary/aromatic N) is 3. The van der Waals surface area contributed by atoms with Crippen LogP contribution in [0.25, 0.3) is 6.08 Å². The molecule has 24 heavy (non-hydrogen) atoms. The van der Waals surface area contributed by atoms with Crippen molar-refractivity contribution in [3.8, 4) is 0 Å². The molecule has 5 nitrogen and oxygen atoms in total. The van der Waals surface area contributed by atoms with Crippen molar-refractivity contribution >= 4 is 12.1 Å². The van der Waals surface area contributed by atoms with Crippen LogP contribution in [0.1, 0.15) is 12.0 Å². The summed E-state index contributed by atoms with van der Waals surface area (Å²) < 4.78 is 0. The Bertz CT molecular complexity index is 507. The Morgan fingerprint density at radius 2 is 1.88 bits per heavy atom. The van der Waals surface area contributed by atoms with Crippen LogP contribution in [0.3, 0.4) is 0 Å². The molecule has 0 saturated carbocycles. The van der Waals surface area contributed by atoms with Crippen molar-refractivity contribution in [1.29, 1.82) is 0 Å². The molecule has 0 bridgehead atoms. The van der Waals surface area contributed by atoms with Gasteiger partial charge in [-0.05, 0) is 32.6 Å². The van der Waals surface area contributed by atoms with E-state index in [-0.39, 0.29) is 6.03 Å². The summed E-state index contributed by atoms with van der Waals surface area (Å²) in [4.78, 5) is 18.6. The number of piperazine rings is 1. The molecule has 1 aromatic rings. The van der Waals surface area contributed by atoms with E-state index in [1.54, 1.807) is 0 Å². The van der Waals surface area contributed by atoms with Crippen LogP contribution in [-0.2, 0) is 0 Å². The minimum absolute atomic E-state index is 0.0771. The first-order valence-corrected chi connectivity index (χ1v) is 8.76. The van der Waals surface area contributed by atoms with Gasteiger partial charge in [-0.1, -0.05) is 42.5 Å². The predicted molar refractivity (Wildman–Crippen MR) is 100 cm³/mol. The van der Waals surface area contributed by atoms with Crippen LogP contribution in [0.4, 0.5) is 4.79 Å². The predicted octanol–water partition coefficient (Wildman–Crippen LogP) is 1.98. The normalized spacial score (nSPS) is 16.0. The van der Waals surface area contributed by atoms with E-state index in [2.05, 4.69) is 51.5 Å². The minimum atomic E-state index is 0.0771. The average molecular weight is 330 g/mol. The summed E-state index contributed by atoms with van der Waals surface area (Å²) in [5.41, 5.74) is 1.23. The van der Waals surface area contributed by atoms with Crippen LogP contribution < -0.4 is 5.32 Å². The first kappa shape index (κ1) is 18.5. The largest absolute Gasteiger partial charge is 0.338 e. The molecule has 1 N–H and O–H groups in total. The van der Waals surface area contributed by atoms with Gasteiger partial charge in [0.05, 0.1) is 0 Å². The Morgan fingerprint density at radius 3 is 2.54 bits per heavy atom. The number of hydrogen-bond donors (Lipinski definition) is 1.